The number of carbonyl (C=O) groups is 2. The highest BCUT2D eigenvalue weighted by atomic mass is 16.5. The van der Waals surface area contributed by atoms with E-state index in [2.05, 4.69) is 62.4 Å². The average Bonchev–Trinajstić information content (AvgIpc) is 3.02. The average molecular weight is 571 g/mol. The Hall–Kier alpha value is -3.40. The molecule has 3 aromatic carbocycles. The molecule has 0 aliphatic carbocycles. The Morgan fingerprint density at radius 3 is 1.71 bits per heavy atom. The summed E-state index contributed by atoms with van der Waals surface area (Å²) >= 11 is 0. The minimum Gasteiger partial charge on any atom is -0.462 e. The molecule has 0 aliphatic heterocycles. The summed E-state index contributed by atoms with van der Waals surface area (Å²) < 4.78 is 10.8. The topological polar surface area (TPSA) is 52.6 Å². The molecule has 3 aromatic rings. The zero-order valence-electron chi connectivity index (χ0n) is 26.0. The number of unbranched alkanes of at least 4 members (excludes halogenated alkanes) is 8. The summed E-state index contributed by atoms with van der Waals surface area (Å²) in [5, 5.41) is 0. The molecule has 0 heterocycles. The van der Waals surface area contributed by atoms with Gasteiger partial charge in [-0.25, -0.2) is 4.79 Å². The fourth-order valence-corrected chi connectivity index (χ4v) is 4.87. The van der Waals surface area contributed by atoms with Gasteiger partial charge in [0.25, 0.3) is 0 Å². The van der Waals surface area contributed by atoms with Crippen molar-refractivity contribution in [2.24, 2.45) is 5.92 Å². The SMILES string of the molecule is CCCCCCCCCCCc1ccc(-c2ccc(CCC(=O)Oc3ccc(C(=O)OCC(C)CC)cc3)cc2)cc1. The van der Waals surface area contributed by atoms with Crippen LogP contribution >= 0.6 is 0 Å². The Kier molecular flexibility index (Phi) is 14.9. The van der Waals surface area contributed by atoms with Crippen LogP contribution in [0.3, 0.4) is 0 Å². The van der Waals surface area contributed by atoms with Gasteiger partial charge in [-0.2, -0.15) is 0 Å². The van der Waals surface area contributed by atoms with E-state index >= 15 is 0 Å². The van der Waals surface area contributed by atoms with Crippen molar-refractivity contribution < 1.29 is 19.1 Å². The molecule has 0 saturated carbocycles. The van der Waals surface area contributed by atoms with Crippen molar-refractivity contribution in [1.29, 1.82) is 0 Å². The van der Waals surface area contributed by atoms with Gasteiger partial charge in [-0.05, 0) is 71.7 Å². The fraction of sp³-hybridized carbons (Fsp3) is 0.474. The summed E-state index contributed by atoms with van der Waals surface area (Å²) in [6, 6.07) is 23.9. The van der Waals surface area contributed by atoms with Gasteiger partial charge in [-0.15, -0.1) is 0 Å². The number of esters is 2. The second-order valence-corrected chi connectivity index (χ2v) is 11.6. The molecule has 0 fully saturated rings. The molecule has 42 heavy (non-hydrogen) atoms. The maximum Gasteiger partial charge on any atom is 0.338 e. The first-order valence-electron chi connectivity index (χ1n) is 16.1. The molecule has 0 bridgehead atoms. The van der Waals surface area contributed by atoms with Crippen molar-refractivity contribution in [1.82, 2.24) is 0 Å². The lowest BCUT2D eigenvalue weighted by molar-refractivity contribution is -0.134. The molecule has 0 radical (unpaired) electrons. The summed E-state index contributed by atoms with van der Waals surface area (Å²) in [5.41, 5.74) is 5.35. The van der Waals surface area contributed by atoms with Gasteiger partial charge < -0.3 is 9.47 Å². The number of aryl methyl sites for hydroxylation is 2. The predicted molar refractivity (Wildman–Crippen MR) is 173 cm³/mol. The molecule has 0 amide bonds. The zero-order valence-corrected chi connectivity index (χ0v) is 26.0. The van der Waals surface area contributed by atoms with E-state index in [1.165, 1.54) is 74.5 Å². The monoisotopic (exact) mass is 570 g/mol. The lowest BCUT2D eigenvalue weighted by atomic mass is 9.99. The van der Waals surface area contributed by atoms with Crippen LogP contribution in [0.1, 0.15) is 113 Å². The van der Waals surface area contributed by atoms with Crippen LogP contribution in [0.25, 0.3) is 11.1 Å². The van der Waals surface area contributed by atoms with Crippen molar-refractivity contribution in [2.45, 2.75) is 104 Å². The number of carbonyl (C=O) groups excluding carboxylic acids is 2. The van der Waals surface area contributed by atoms with Gasteiger partial charge in [0.05, 0.1) is 12.2 Å². The van der Waals surface area contributed by atoms with Crippen LogP contribution in [0.5, 0.6) is 5.75 Å². The van der Waals surface area contributed by atoms with E-state index in [1.54, 1.807) is 24.3 Å². The van der Waals surface area contributed by atoms with Gasteiger partial charge in [0, 0.05) is 6.42 Å². The van der Waals surface area contributed by atoms with E-state index in [4.69, 9.17) is 9.47 Å². The molecule has 1 unspecified atom stereocenters. The van der Waals surface area contributed by atoms with E-state index in [-0.39, 0.29) is 18.4 Å². The largest absolute Gasteiger partial charge is 0.462 e. The molecule has 3 rings (SSSR count). The molecular formula is C38H50O4. The third-order valence-electron chi connectivity index (χ3n) is 7.95. The standard InChI is InChI=1S/C38H50O4/c1-4-6-7-8-9-10-11-12-13-14-31-15-20-33(21-16-31)34-22-17-32(18-23-34)19-28-37(39)42-36-26-24-35(25-27-36)38(40)41-29-30(3)5-2/h15-18,20-27,30H,4-14,19,28-29H2,1-3H3. The van der Waals surface area contributed by atoms with Crippen molar-refractivity contribution in [3.8, 4) is 16.9 Å². The first-order valence-corrected chi connectivity index (χ1v) is 16.1. The first kappa shape index (κ1) is 33.1. The Morgan fingerprint density at radius 2 is 1.17 bits per heavy atom. The van der Waals surface area contributed by atoms with Crippen LogP contribution in [0.4, 0.5) is 0 Å². The number of benzene rings is 3. The number of hydrogen-bond donors (Lipinski definition) is 0. The lowest BCUT2D eigenvalue weighted by Crippen LogP contribution is -2.12. The quantitative estimate of drug-likeness (QED) is 0.0817. The van der Waals surface area contributed by atoms with E-state index < -0.39 is 0 Å². The fourth-order valence-electron chi connectivity index (χ4n) is 4.87. The Balaban J connectivity index is 1.35. The highest BCUT2D eigenvalue weighted by Gasteiger charge is 2.11. The summed E-state index contributed by atoms with van der Waals surface area (Å²) in [4.78, 5) is 24.6. The molecule has 1 atom stereocenters. The molecule has 4 nitrogen and oxygen atoms in total. The summed E-state index contributed by atoms with van der Waals surface area (Å²) in [7, 11) is 0. The number of rotatable bonds is 19. The number of hydrogen-bond acceptors (Lipinski definition) is 4. The van der Waals surface area contributed by atoms with Crippen LogP contribution in [-0.4, -0.2) is 18.5 Å². The normalized spacial score (nSPS) is 11.7. The Morgan fingerprint density at radius 1 is 0.643 bits per heavy atom. The van der Waals surface area contributed by atoms with Crippen LogP contribution in [-0.2, 0) is 22.4 Å². The van der Waals surface area contributed by atoms with Gasteiger partial charge in [0.15, 0.2) is 0 Å². The first-order chi connectivity index (χ1) is 20.5. The Bertz CT molecular complexity index is 1180. The molecular weight excluding hydrogens is 520 g/mol. The van der Waals surface area contributed by atoms with Crippen LogP contribution in [0, 0.1) is 5.92 Å². The Labute approximate surface area is 253 Å². The summed E-state index contributed by atoms with van der Waals surface area (Å²) in [5.74, 6) is 0.0986. The second kappa shape index (κ2) is 18.9. The smallest absolute Gasteiger partial charge is 0.338 e. The van der Waals surface area contributed by atoms with Gasteiger partial charge in [-0.3, -0.25) is 4.79 Å². The molecule has 4 heteroatoms. The van der Waals surface area contributed by atoms with Gasteiger partial charge in [0.1, 0.15) is 5.75 Å². The van der Waals surface area contributed by atoms with Crippen LogP contribution < -0.4 is 4.74 Å². The number of ether oxygens (including phenoxy) is 2. The lowest BCUT2D eigenvalue weighted by Gasteiger charge is -2.10. The zero-order chi connectivity index (χ0) is 30.0. The second-order valence-electron chi connectivity index (χ2n) is 11.6. The maximum atomic E-state index is 12.4. The van der Waals surface area contributed by atoms with Crippen molar-refractivity contribution in [3.05, 3.63) is 89.5 Å². The third-order valence-corrected chi connectivity index (χ3v) is 7.95. The van der Waals surface area contributed by atoms with E-state index in [9.17, 15) is 9.59 Å². The van der Waals surface area contributed by atoms with Gasteiger partial charge >= 0.3 is 11.9 Å². The van der Waals surface area contributed by atoms with Crippen LogP contribution in [0.2, 0.25) is 0 Å². The van der Waals surface area contributed by atoms with E-state index in [1.807, 2.05) is 6.92 Å². The molecule has 226 valence electrons. The molecule has 0 aromatic heterocycles. The van der Waals surface area contributed by atoms with Crippen molar-refractivity contribution >= 4 is 11.9 Å². The van der Waals surface area contributed by atoms with Crippen molar-refractivity contribution in [3.63, 3.8) is 0 Å². The van der Waals surface area contributed by atoms with Gasteiger partial charge in [-0.1, -0.05) is 127 Å². The molecule has 0 spiro atoms. The van der Waals surface area contributed by atoms with E-state index in [0.717, 1.165) is 18.4 Å². The predicted octanol–water partition coefficient (Wildman–Crippen LogP) is 10.2. The highest BCUT2D eigenvalue weighted by molar-refractivity contribution is 5.89. The summed E-state index contributed by atoms with van der Waals surface area (Å²) in [6.07, 6.45) is 15.2. The third kappa shape index (κ3) is 12.2. The van der Waals surface area contributed by atoms with Crippen LogP contribution in [0.15, 0.2) is 72.8 Å². The van der Waals surface area contributed by atoms with Crippen molar-refractivity contribution in [2.75, 3.05) is 6.61 Å². The minimum absolute atomic E-state index is 0.283. The van der Waals surface area contributed by atoms with E-state index in [0.29, 0.717) is 30.3 Å². The molecule has 0 aliphatic rings. The molecule has 0 saturated heterocycles. The summed E-state index contributed by atoms with van der Waals surface area (Å²) in [6.45, 7) is 6.78. The van der Waals surface area contributed by atoms with Gasteiger partial charge in [0.2, 0.25) is 0 Å². The molecule has 0 N–H and O–H groups in total. The minimum atomic E-state index is -0.360. The highest BCUT2D eigenvalue weighted by Crippen LogP contribution is 2.22. The maximum absolute atomic E-state index is 12.4.